The van der Waals surface area contributed by atoms with Crippen molar-refractivity contribution in [3.63, 3.8) is 0 Å². The Kier molecular flexibility index (Phi) is 10.2. The van der Waals surface area contributed by atoms with E-state index in [0.717, 1.165) is 44.8 Å². The van der Waals surface area contributed by atoms with Gasteiger partial charge >= 0.3 is 0 Å². The number of hydrogen-bond acceptors (Lipinski definition) is 1. The molecule has 0 saturated heterocycles. The number of hydrogen-bond donors (Lipinski definition) is 0. The van der Waals surface area contributed by atoms with E-state index in [1.807, 2.05) is 0 Å². The zero-order valence-electron chi connectivity index (χ0n) is 36.9. The summed E-state index contributed by atoms with van der Waals surface area (Å²) in [6, 6.07) is 99.3. The van der Waals surface area contributed by atoms with Gasteiger partial charge < -0.3 is 0 Å². The summed E-state index contributed by atoms with van der Waals surface area (Å²) < 4.78 is 0. The third kappa shape index (κ3) is 7.19. The Hall–Kier alpha value is -8.65. The predicted molar refractivity (Wildman–Crippen MR) is 280 cm³/mol. The monoisotopic (exact) mass is 851 g/mol. The molecule has 12 rings (SSSR count). The molecule has 1 nitrogen and oxygen atoms in total. The molecule has 1 heteroatoms. The molecule has 0 amide bonds. The Balaban J connectivity index is 1.01. The normalized spacial score (nSPS) is 12.3. The van der Waals surface area contributed by atoms with E-state index >= 15 is 0 Å². The van der Waals surface area contributed by atoms with Crippen molar-refractivity contribution in [2.24, 2.45) is 0 Å². The molecule has 0 atom stereocenters. The average Bonchev–Trinajstić information content (AvgIpc) is 3.71. The molecule has 1 aliphatic rings. The van der Waals surface area contributed by atoms with E-state index in [1.54, 1.807) is 0 Å². The zero-order chi connectivity index (χ0) is 44.6. The van der Waals surface area contributed by atoms with Gasteiger partial charge in [-0.3, -0.25) is 0 Å². The number of fused-ring (bicyclic) bond motifs is 3. The summed E-state index contributed by atoms with van der Waals surface area (Å²) in [5, 5.41) is 0. The number of aromatic nitrogens is 1. The summed E-state index contributed by atoms with van der Waals surface area (Å²) >= 11 is 0. The Morgan fingerprint density at radius 3 is 1.22 bits per heavy atom. The van der Waals surface area contributed by atoms with Crippen molar-refractivity contribution >= 4 is 0 Å². The number of benzene rings is 10. The third-order valence-electron chi connectivity index (χ3n) is 13.5. The first-order valence-electron chi connectivity index (χ1n) is 23.1. The topological polar surface area (TPSA) is 12.9 Å². The van der Waals surface area contributed by atoms with Crippen molar-refractivity contribution in [2.75, 3.05) is 0 Å². The highest BCUT2D eigenvalue weighted by Gasteiger charge is 2.46. The molecule has 0 bridgehead atoms. The molecule has 1 aliphatic carbocycles. The van der Waals surface area contributed by atoms with Gasteiger partial charge in [-0.1, -0.05) is 231 Å². The van der Waals surface area contributed by atoms with Gasteiger partial charge in [-0.25, -0.2) is 4.98 Å². The molecule has 11 aromatic rings. The lowest BCUT2D eigenvalue weighted by Gasteiger charge is -2.34. The summed E-state index contributed by atoms with van der Waals surface area (Å²) in [5.41, 5.74) is 22.9. The van der Waals surface area contributed by atoms with Crippen LogP contribution in [0.5, 0.6) is 0 Å². The maximum Gasteiger partial charge on any atom is 0.0715 e. The number of rotatable bonds is 9. The first kappa shape index (κ1) is 39.9. The van der Waals surface area contributed by atoms with Crippen molar-refractivity contribution in [3.05, 3.63) is 295 Å². The van der Waals surface area contributed by atoms with Crippen molar-refractivity contribution in [3.8, 4) is 89.3 Å². The molecule has 0 unspecified atom stereocenters. The van der Waals surface area contributed by atoms with Crippen molar-refractivity contribution in [1.29, 1.82) is 0 Å². The summed E-state index contributed by atoms with van der Waals surface area (Å²) in [4.78, 5) is 5.34. The zero-order valence-corrected chi connectivity index (χ0v) is 36.9. The lowest BCUT2D eigenvalue weighted by atomic mass is 9.67. The molecule has 1 aromatic heterocycles. The van der Waals surface area contributed by atoms with E-state index in [0.29, 0.717) is 0 Å². The molecule has 0 fully saturated rings. The Labute approximate surface area is 393 Å². The van der Waals surface area contributed by atoms with Gasteiger partial charge in [0.2, 0.25) is 0 Å². The second kappa shape index (κ2) is 17.0. The maximum absolute atomic E-state index is 5.34. The van der Waals surface area contributed by atoms with Gasteiger partial charge in [0.15, 0.2) is 0 Å². The quantitative estimate of drug-likeness (QED) is 0.141. The molecular weight excluding hydrogens is 807 g/mol. The van der Waals surface area contributed by atoms with Gasteiger partial charge in [0, 0.05) is 11.1 Å². The fourth-order valence-electron chi connectivity index (χ4n) is 10.4. The highest BCUT2D eigenvalue weighted by atomic mass is 14.7. The van der Waals surface area contributed by atoms with Crippen LogP contribution in [0.4, 0.5) is 0 Å². The Morgan fingerprint density at radius 1 is 0.209 bits per heavy atom. The molecule has 314 valence electrons. The van der Waals surface area contributed by atoms with Gasteiger partial charge in [0.25, 0.3) is 0 Å². The second-order valence-electron chi connectivity index (χ2n) is 17.4. The lowest BCUT2D eigenvalue weighted by molar-refractivity contribution is 0.769. The van der Waals surface area contributed by atoms with Crippen molar-refractivity contribution in [1.82, 2.24) is 4.98 Å². The number of nitrogens with zero attached hydrogens (tertiary/aromatic N) is 1. The first-order valence-corrected chi connectivity index (χ1v) is 23.1. The van der Waals surface area contributed by atoms with Gasteiger partial charge in [-0.15, -0.1) is 0 Å². The Morgan fingerprint density at radius 2 is 0.612 bits per heavy atom. The SMILES string of the molecule is c1ccc(-c2cccc(-c3cc(-c4ccccc4)nc(-c4cccc(-c5cccc(-c6cc7c(cc6-c6ccccc6)-c6ccccc6C7(c6ccccc6)c6ccccc6)c5)c4)c3)c2)cc1. The van der Waals surface area contributed by atoms with E-state index in [-0.39, 0.29) is 0 Å². The van der Waals surface area contributed by atoms with Crippen LogP contribution in [0.15, 0.2) is 273 Å². The van der Waals surface area contributed by atoms with Gasteiger partial charge in [0.05, 0.1) is 16.8 Å². The summed E-state index contributed by atoms with van der Waals surface area (Å²) in [6.45, 7) is 0. The molecule has 0 aliphatic heterocycles. The second-order valence-corrected chi connectivity index (χ2v) is 17.4. The minimum atomic E-state index is -0.507. The molecule has 67 heavy (non-hydrogen) atoms. The average molecular weight is 852 g/mol. The van der Waals surface area contributed by atoms with Crippen LogP contribution in [0.25, 0.3) is 89.3 Å². The summed E-state index contributed by atoms with van der Waals surface area (Å²) in [5.74, 6) is 0. The number of pyridine rings is 1. The van der Waals surface area contributed by atoms with E-state index in [4.69, 9.17) is 4.98 Å². The molecule has 0 radical (unpaired) electrons. The standard InChI is InChI=1S/C66H45N/c1-6-21-46(22-7-1)49-27-18-30-52(39-49)55-42-64(48-25-10-3-11-26-48)67-65(43-55)54-32-20-29-51(41-54)50-28-19-31-53(40-50)60-45-63-61(44-59(60)47-23-8-2-9-24-47)58-37-16-17-38-62(58)66(63,56-33-12-4-13-34-56)57-35-14-5-15-36-57/h1-45H. The first-order chi connectivity index (χ1) is 33.2. The van der Waals surface area contributed by atoms with Crippen LogP contribution < -0.4 is 0 Å². The fourth-order valence-corrected chi connectivity index (χ4v) is 10.4. The van der Waals surface area contributed by atoms with E-state index in [2.05, 4.69) is 273 Å². The molecule has 0 saturated carbocycles. The van der Waals surface area contributed by atoms with E-state index in [1.165, 1.54) is 66.8 Å². The van der Waals surface area contributed by atoms with Crippen LogP contribution >= 0.6 is 0 Å². The molecule has 0 N–H and O–H groups in total. The van der Waals surface area contributed by atoms with Crippen molar-refractivity contribution < 1.29 is 0 Å². The fraction of sp³-hybridized carbons (Fsp3) is 0.0152. The van der Waals surface area contributed by atoms with E-state index < -0.39 is 5.41 Å². The van der Waals surface area contributed by atoms with Gasteiger partial charge in [-0.05, 0) is 131 Å². The third-order valence-corrected chi connectivity index (χ3v) is 13.5. The summed E-state index contributed by atoms with van der Waals surface area (Å²) in [7, 11) is 0. The van der Waals surface area contributed by atoms with Gasteiger partial charge in [-0.2, -0.15) is 0 Å². The largest absolute Gasteiger partial charge is 0.248 e. The lowest BCUT2D eigenvalue weighted by Crippen LogP contribution is -2.28. The van der Waals surface area contributed by atoms with Crippen molar-refractivity contribution in [2.45, 2.75) is 5.41 Å². The molecule has 0 spiro atoms. The smallest absolute Gasteiger partial charge is 0.0715 e. The van der Waals surface area contributed by atoms with Crippen LogP contribution in [0, 0.1) is 0 Å². The maximum atomic E-state index is 5.34. The van der Waals surface area contributed by atoms with Crippen LogP contribution in [0.3, 0.4) is 0 Å². The molecule has 10 aromatic carbocycles. The molecular formula is C66H45N. The van der Waals surface area contributed by atoms with Crippen LogP contribution in [-0.4, -0.2) is 4.98 Å². The highest BCUT2D eigenvalue weighted by Crippen LogP contribution is 2.58. The van der Waals surface area contributed by atoms with E-state index in [9.17, 15) is 0 Å². The molecule has 1 heterocycles. The minimum Gasteiger partial charge on any atom is -0.248 e. The summed E-state index contributed by atoms with van der Waals surface area (Å²) in [6.07, 6.45) is 0. The van der Waals surface area contributed by atoms with Gasteiger partial charge in [0.1, 0.15) is 0 Å². The van der Waals surface area contributed by atoms with Crippen LogP contribution in [-0.2, 0) is 5.41 Å². The predicted octanol–water partition coefficient (Wildman–Crippen LogP) is 17.1. The van der Waals surface area contributed by atoms with Crippen LogP contribution in [0.1, 0.15) is 22.3 Å². The Bertz CT molecular complexity index is 3500. The highest BCUT2D eigenvalue weighted by molar-refractivity contribution is 5.95. The van der Waals surface area contributed by atoms with Crippen LogP contribution in [0.2, 0.25) is 0 Å². The minimum absolute atomic E-state index is 0.507.